The van der Waals surface area contributed by atoms with Gasteiger partial charge in [0, 0.05) is 19.3 Å². The van der Waals surface area contributed by atoms with Gasteiger partial charge in [0.2, 0.25) is 0 Å². The van der Waals surface area contributed by atoms with Crippen molar-refractivity contribution in [3.8, 4) is 0 Å². The van der Waals surface area contributed by atoms with E-state index in [1.54, 1.807) is 4.90 Å². The van der Waals surface area contributed by atoms with E-state index in [4.69, 9.17) is 9.47 Å². The van der Waals surface area contributed by atoms with Crippen LogP contribution in [0.15, 0.2) is 0 Å². The fourth-order valence-electron chi connectivity index (χ4n) is 1.90. The van der Waals surface area contributed by atoms with Crippen molar-refractivity contribution < 1.29 is 22.7 Å². The molecule has 0 bridgehead atoms. The lowest BCUT2D eigenvalue weighted by Gasteiger charge is -2.33. The second kappa shape index (κ2) is 6.76. The number of hydrogen-bond donors (Lipinski definition) is 0. The van der Waals surface area contributed by atoms with Gasteiger partial charge in [-0.15, -0.1) is 0 Å². The van der Waals surface area contributed by atoms with Crippen molar-refractivity contribution in [1.29, 1.82) is 0 Å². The maximum Gasteiger partial charge on any atom is 0.410 e. The molecule has 0 aliphatic carbocycles. The molecule has 20 heavy (non-hydrogen) atoms. The minimum Gasteiger partial charge on any atom is -0.444 e. The van der Waals surface area contributed by atoms with E-state index < -0.39 is 15.4 Å². The molecule has 7 heteroatoms. The number of piperidine rings is 1. The molecule has 118 valence electrons. The summed E-state index contributed by atoms with van der Waals surface area (Å²) in [6.45, 7) is 6.90. The number of rotatable bonds is 4. The molecule has 0 spiro atoms. The van der Waals surface area contributed by atoms with Crippen molar-refractivity contribution in [2.45, 2.75) is 45.3 Å². The zero-order valence-corrected chi connectivity index (χ0v) is 13.5. The van der Waals surface area contributed by atoms with E-state index >= 15 is 0 Å². The van der Waals surface area contributed by atoms with Crippen LogP contribution < -0.4 is 0 Å². The highest BCUT2D eigenvalue weighted by molar-refractivity contribution is 7.90. The number of ether oxygens (including phenoxy) is 2. The van der Waals surface area contributed by atoms with Crippen molar-refractivity contribution >= 4 is 15.9 Å². The summed E-state index contributed by atoms with van der Waals surface area (Å²) in [5.41, 5.74) is -0.486. The summed E-state index contributed by atoms with van der Waals surface area (Å²) < 4.78 is 32.8. The average Bonchev–Trinajstić information content (AvgIpc) is 2.25. The Morgan fingerprint density at radius 2 is 1.80 bits per heavy atom. The van der Waals surface area contributed by atoms with Crippen LogP contribution in [0.4, 0.5) is 4.79 Å². The van der Waals surface area contributed by atoms with Crippen LogP contribution in [0.3, 0.4) is 0 Å². The Bertz CT molecular complexity index is 419. The predicted molar refractivity (Wildman–Crippen MR) is 76.5 cm³/mol. The standard InChI is InChI=1S/C13H25NO5S/c1-13(2,3)19-12(15)14-7-5-11(6-8-14)18-9-10-20(4,16)17/h11H,5-10H2,1-4H3. The number of carbonyl (C=O) groups is 1. The van der Waals surface area contributed by atoms with Crippen LogP contribution in [-0.2, 0) is 19.3 Å². The van der Waals surface area contributed by atoms with Crippen LogP contribution in [-0.4, -0.2) is 62.8 Å². The first-order valence-corrected chi connectivity index (χ1v) is 8.90. The third-order valence-corrected chi connectivity index (χ3v) is 3.81. The molecule has 0 aromatic carbocycles. The van der Waals surface area contributed by atoms with Gasteiger partial charge < -0.3 is 14.4 Å². The molecule has 1 heterocycles. The molecule has 1 aliphatic heterocycles. The van der Waals surface area contributed by atoms with Gasteiger partial charge in [-0.1, -0.05) is 0 Å². The monoisotopic (exact) mass is 307 g/mol. The van der Waals surface area contributed by atoms with Gasteiger partial charge in [0.05, 0.1) is 18.5 Å². The van der Waals surface area contributed by atoms with Gasteiger partial charge in [0.15, 0.2) is 0 Å². The highest BCUT2D eigenvalue weighted by Gasteiger charge is 2.27. The highest BCUT2D eigenvalue weighted by Crippen LogP contribution is 2.17. The van der Waals surface area contributed by atoms with Gasteiger partial charge in [-0.05, 0) is 33.6 Å². The van der Waals surface area contributed by atoms with Gasteiger partial charge >= 0.3 is 6.09 Å². The number of amides is 1. The Kier molecular flexibility index (Phi) is 5.82. The van der Waals surface area contributed by atoms with Gasteiger partial charge in [-0.2, -0.15) is 0 Å². The third kappa shape index (κ3) is 7.09. The summed E-state index contributed by atoms with van der Waals surface area (Å²) in [7, 11) is -2.98. The molecule has 0 saturated carbocycles. The van der Waals surface area contributed by atoms with E-state index in [2.05, 4.69) is 0 Å². The van der Waals surface area contributed by atoms with Crippen molar-refractivity contribution in [1.82, 2.24) is 4.90 Å². The summed E-state index contributed by atoms with van der Waals surface area (Å²) in [4.78, 5) is 13.5. The van der Waals surface area contributed by atoms with E-state index in [9.17, 15) is 13.2 Å². The van der Waals surface area contributed by atoms with Crippen molar-refractivity contribution in [2.24, 2.45) is 0 Å². The topological polar surface area (TPSA) is 72.9 Å². The van der Waals surface area contributed by atoms with Gasteiger partial charge in [0.25, 0.3) is 0 Å². The van der Waals surface area contributed by atoms with Crippen LogP contribution in [0.25, 0.3) is 0 Å². The molecule has 0 radical (unpaired) electrons. The van der Waals surface area contributed by atoms with Crippen molar-refractivity contribution in [2.75, 3.05) is 31.7 Å². The fraction of sp³-hybridized carbons (Fsp3) is 0.923. The van der Waals surface area contributed by atoms with E-state index in [-0.39, 0.29) is 24.6 Å². The molecule has 0 aromatic heterocycles. The van der Waals surface area contributed by atoms with Crippen molar-refractivity contribution in [3.05, 3.63) is 0 Å². The van der Waals surface area contributed by atoms with Crippen LogP contribution in [0.1, 0.15) is 33.6 Å². The maximum absolute atomic E-state index is 11.8. The molecular formula is C13H25NO5S. The molecule has 1 rings (SSSR count). The summed E-state index contributed by atoms with van der Waals surface area (Å²) in [6.07, 6.45) is 2.34. The molecule has 0 N–H and O–H groups in total. The fourth-order valence-corrected chi connectivity index (χ4v) is 2.30. The lowest BCUT2D eigenvalue weighted by molar-refractivity contribution is -0.00757. The first-order chi connectivity index (χ1) is 9.07. The van der Waals surface area contributed by atoms with Gasteiger partial charge in [-0.25, -0.2) is 13.2 Å². The lowest BCUT2D eigenvalue weighted by Crippen LogP contribution is -2.43. The zero-order valence-electron chi connectivity index (χ0n) is 12.7. The molecule has 0 unspecified atom stereocenters. The first kappa shape index (κ1) is 17.2. The van der Waals surface area contributed by atoms with Gasteiger partial charge in [0.1, 0.15) is 15.4 Å². The van der Waals surface area contributed by atoms with Crippen LogP contribution in [0, 0.1) is 0 Å². The van der Waals surface area contributed by atoms with Crippen LogP contribution in [0.5, 0.6) is 0 Å². The number of carbonyl (C=O) groups excluding carboxylic acids is 1. The van der Waals surface area contributed by atoms with E-state index in [1.807, 2.05) is 20.8 Å². The minimum atomic E-state index is -2.98. The smallest absolute Gasteiger partial charge is 0.410 e. The number of hydrogen-bond acceptors (Lipinski definition) is 5. The Labute approximate surface area is 121 Å². The van der Waals surface area contributed by atoms with Crippen LogP contribution >= 0.6 is 0 Å². The molecule has 6 nitrogen and oxygen atoms in total. The Balaban J connectivity index is 2.28. The minimum absolute atomic E-state index is 0.0236. The molecule has 0 aromatic rings. The molecule has 1 fully saturated rings. The van der Waals surface area contributed by atoms with Gasteiger partial charge in [-0.3, -0.25) is 0 Å². The molecular weight excluding hydrogens is 282 g/mol. The largest absolute Gasteiger partial charge is 0.444 e. The first-order valence-electron chi connectivity index (χ1n) is 6.84. The summed E-state index contributed by atoms with van der Waals surface area (Å²) in [5.74, 6) is 0.0410. The Morgan fingerprint density at radius 1 is 1.25 bits per heavy atom. The molecule has 0 atom stereocenters. The van der Waals surface area contributed by atoms with Crippen molar-refractivity contribution in [3.63, 3.8) is 0 Å². The average molecular weight is 307 g/mol. The molecule has 1 aliphatic rings. The second-order valence-corrected chi connectivity index (χ2v) is 8.43. The molecule has 1 amide bonds. The Hall–Kier alpha value is -0.820. The Morgan fingerprint density at radius 3 is 2.25 bits per heavy atom. The quantitative estimate of drug-likeness (QED) is 0.786. The van der Waals surface area contributed by atoms with E-state index in [1.165, 1.54) is 6.26 Å². The van der Waals surface area contributed by atoms with Crippen LogP contribution in [0.2, 0.25) is 0 Å². The summed E-state index contributed by atoms with van der Waals surface area (Å²) in [6, 6.07) is 0. The SMILES string of the molecule is CC(C)(C)OC(=O)N1CCC(OCCS(C)(=O)=O)CC1. The molecule has 1 saturated heterocycles. The van der Waals surface area contributed by atoms with E-state index in [0.717, 1.165) is 0 Å². The lowest BCUT2D eigenvalue weighted by atomic mass is 10.1. The zero-order chi connectivity index (χ0) is 15.4. The number of nitrogens with zero attached hydrogens (tertiary/aromatic N) is 1. The normalized spacial score (nSPS) is 18.1. The number of sulfone groups is 1. The highest BCUT2D eigenvalue weighted by atomic mass is 32.2. The van der Waals surface area contributed by atoms with E-state index in [0.29, 0.717) is 25.9 Å². The third-order valence-electron chi connectivity index (χ3n) is 2.90. The number of likely N-dealkylation sites (tertiary alicyclic amines) is 1. The summed E-state index contributed by atoms with van der Waals surface area (Å²) >= 11 is 0. The summed E-state index contributed by atoms with van der Waals surface area (Å²) in [5, 5.41) is 0. The maximum atomic E-state index is 11.8. The predicted octanol–water partition coefficient (Wildman–Crippen LogP) is 1.45. The second-order valence-electron chi connectivity index (χ2n) is 6.17.